The summed E-state index contributed by atoms with van der Waals surface area (Å²) in [4.78, 5) is 3.70. The second-order valence-corrected chi connectivity index (χ2v) is 5.00. The Morgan fingerprint density at radius 3 is 2.73 bits per heavy atom. The summed E-state index contributed by atoms with van der Waals surface area (Å²) in [5.74, 6) is 0.458. The summed E-state index contributed by atoms with van der Waals surface area (Å²) in [5.41, 5.74) is 0. The molecule has 0 aromatic carbocycles. The first-order valence-electron chi connectivity index (χ1n) is 4.34. The summed E-state index contributed by atoms with van der Waals surface area (Å²) in [6.07, 6.45) is 3.91. The van der Waals surface area contributed by atoms with Gasteiger partial charge in [0.05, 0.1) is 18.1 Å². The van der Waals surface area contributed by atoms with Crippen molar-refractivity contribution in [1.29, 1.82) is 0 Å². The standard InChI is InChI=1S/C7H11ClN4O2S/c8-3-1-2-6-15(13,14)12-7-9-4-5-10-11-7/h4-5H,1-3,6H2,(H,9,11,12). The minimum Gasteiger partial charge on any atom is -0.250 e. The molecule has 6 nitrogen and oxygen atoms in total. The molecule has 0 fully saturated rings. The van der Waals surface area contributed by atoms with Gasteiger partial charge in [0.2, 0.25) is 10.0 Å². The Bertz CT molecular complexity index is 383. The van der Waals surface area contributed by atoms with Crippen LogP contribution in [0.2, 0.25) is 0 Å². The third kappa shape index (κ3) is 4.89. The SMILES string of the molecule is O=S(=O)(CCCCCl)Nc1nccnn1. The van der Waals surface area contributed by atoms with Gasteiger partial charge in [-0.25, -0.2) is 18.1 Å². The van der Waals surface area contributed by atoms with E-state index in [0.717, 1.165) is 0 Å². The van der Waals surface area contributed by atoms with Crippen LogP contribution in [-0.4, -0.2) is 35.2 Å². The molecule has 0 aliphatic heterocycles. The van der Waals surface area contributed by atoms with Crippen molar-refractivity contribution in [1.82, 2.24) is 15.2 Å². The van der Waals surface area contributed by atoms with Crippen molar-refractivity contribution in [3.63, 3.8) is 0 Å². The molecule has 0 bridgehead atoms. The zero-order valence-corrected chi connectivity index (χ0v) is 9.50. The third-order valence-electron chi connectivity index (χ3n) is 1.53. The van der Waals surface area contributed by atoms with Gasteiger partial charge in [0.1, 0.15) is 0 Å². The van der Waals surface area contributed by atoms with Crippen molar-refractivity contribution in [3.05, 3.63) is 12.4 Å². The van der Waals surface area contributed by atoms with Gasteiger partial charge in [-0.2, -0.15) is 5.10 Å². The lowest BCUT2D eigenvalue weighted by Gasteiger charge is -2.04. The molecule has 84 valence electrons. The Kier molecular flexibility index (Phi) is 4.70. The van der Waals surface area contributed by atoms with Crippen LogP contribution in [0.25, 0.3) is 0 Å². The van der Waals surface area contributed by atoms with E-state index >= 15 is 0 Å². The average Bonchev–Trinajstić information content (AvgIpc) is 2.18. The number of unbranched alkanes of at least 4 members (excludes halogenated alkanes) is 1. The Labute approximate surface area is 93.1 Å². The Balaban J connectivity index is 2.50. The maximum Gasteiger partial charge on any atom is 0.256 e. The number of nitrogens with zero attached hydrogens (tertiary/aromatic N) is 3. The summed E-state index contributed by atoms with van der Waals surface area (Å²) >= 11 is 5.44. The smallest absolute Gasteiger partial charge is 0.250 e. The van der Waals surface area contributed by atoms with E-state index in [1.54, 1.807) is 0 Å². The average molecular weight is 251 g/mol. The number of sulfonamides is 1. The fraction of sp³-hybridized carbons (Fsp3) is 0.571. The zero-order valence-electron chi connectivity index (χ0n) is 7.93. The molecule has 1 aromatic heterocycles. The highest BCUT2D eigenvalue weighted by Crippen LogP contribution is 2.02. The van der Waals surface area contributed by atoms with E-state index in [1.165, 1.54) is 12.4 Å². The quantitative estimate of drug-likeness (QED) is 0.591. The molecule has 0 aliphatic rings. The second-order valence-electron chi connectivity index (χ2n) is 2.78. The minimum atomic E-state index is -3.38. The summed E-state index contributed by atoms with van der Waals surface area (Å²) in [6, 6.07) is 0. The zero-order chi connectivity index (χ0) is 11.1. The Morgan fingerprint density at radius 1 is 1.33 bits per heavy atom. The van der Waals surface area contributed by atoms with Gasteiger partial charge in [0, 0.05) is 5.88 Å². The molecule has 0 aliphatic carbocycles. The Morgan fingerprint density at radius 2 is 2.13 bits per heavy atom. The number of alkyl halides is 1. The van der Waals surface area contributed by atoms with E-state index in [0.29, 0.717) is 18.7 Å². The number of hydrogen-bond acceptors (Lipinski definition) is 5. The van der Waals surface area contributed by atoms with Crippen LogP contribution in [0.1, 0.15) is 12.8 Å². The molecule has 0 saturated heterocycles. The lowest BCUT2D eigenvalue weighted by atomic mass is 10.4. The van der Waals surface area contributed by atoms with Crippen LogP contribution >= 0.6 is 11.6 Å². The van der Waals surface area contributed by atoms with Crippen LogP contribution in [0.4, 0.5) is 5.95 Å². The first kappa shape index (κ1) is 12.1. The number of hydrogen-bond donors (Lipinski definition) is 1. The van der Waals surface area contributed by atoms with E-state index in [2.05, 4.69) is 19.9 Å². The van der Waals surface area contributed by atoms with Crippen molar-refractivity contribution >= 4 is 27.6 Å². The van der Waals surface area contributed by atoms with E-state index in [9.17, 15) is 8.42 Å². The molecule has 0 saturated carbocycles. The fourth-order valence-corrected chi connectivity index (χ4v) is 2.12. The number of aromatic nitrogens is 3. The van der Waals surface area contributed by atoms with Gasteiger partial charge in [0.25, 0.3) is 5.95 Å². The van der Waals surface area contributed by atoms with E-state index in [-0.39, 0.29) is 11.7 Å². The molecule has 1 N–H and O–H groups in total. The first-order chi connectivity index (χ1) is 7.14. The number of nitrogens with one attached hydrogen (secondary N) is 1. The van der Waals surface area contributed by atoms with Gasteiger partial charge in [0.15, 0.2) is 0 Å². The van der Waals surface area contributed by atoms with Gasteiger partial charge in [-0.1, -0.05) is 0 Å². The predicted molar refractivity (Wildman–Crippen MR) is 57.2 cm³/mol. The molecule has 0 amide bonds. The summed E-state index contributed by atoms with van der Waals surface area (Å²) in [6.45, 7) is 0. The van der Waals surface area contributed by atoms with Crippen LogP contribution in [-0.2, 0) is 10.0 Å². The molecule has 0 unspecified atom stereocenters. The molecular weight excluding hydrogens is 240 g/mol. The van der Waals surface area contributed by atoms with Crippen LogP contribution in [0.3, 0.4) is 0 Å². The van der Waals surface area contributed by atoms with Gasteiger partial charge in [-0.15, -0.1) is 16.7 Å². The van der Waals surface area contributed by atoms with E-state index in [1.807, 2.05) is 0 Å². The topological polar surface area (TPSA) is 84.8 Å². The molecule has 0 atom stereocenters. The van der Waals surface area contributed by atoms with E-state index < -0.39 is 10.0 Å². The normalized spacial score (nSPS) is 11.3. The molecule has 15 heavy (non-hydrogen) atoms. The second kappa shape index (κ2) is 5.82. The summed E-state index contributed by atoms with van der Waals surface area (Å²) in [7, 11) is -3.38. The van der Waals surface area contributed by atoms with Gasteiger partial charge in [-0.3, -0.25) is 0 Å². The maximum atomic E-state index is 11.4. The first-order valence-corrected chi connectivity index (χ1v) is 6.53. The number of halogens is 1. The number of anilines is 1. The molecule has 8 heteroatoms. The molecule has 1 rings (SSSR count). The lowest BCUT2D eigenvalue weighted by Crippen LogP contribution is -2.18. The van der Waals surface area contributed by atoms with Crippen LogP contribution in [0, 0.1) is 0 Å². The third-order valence-corrected chi connectivity index (χ3v) is 3.11. The summed E-state index contributed by atoms with van der Waals surface area (Å²) in [5, 5.41) is 7.02. The highest BCUT2D eigenvalue weighted by Gasteiger charge is 2.11. The summed E-state index contributed by atoms with van der Waals surface area (Å²) < 4.78 is 25.0. The highest BCUT2D eigenvalue weighted by atomic mass is 35.5. The molecule has 1 aromatic rings. The monoisotopic (exact) mass is 250 g/mol. The molecule has 0 radical (unpaired) electrons. The highest BCUT2D eigenvalue weighted by molar-refractivity contribution is 7.92. The van der Waals surface area contributed by atoms with Gasteiger partial charge in [-0.05, 0) is 12.8 Å². The van der Waals surface area contributed by atoms with Crippen molar-refractivity contribution in [2.45, 2.75) is 12.8 Å². The van der Waals surface area contributed by atoms with Gasteiger partial charge >= 0.3 is 0 Å². The number of rotatable bonds is 6. The maximum absolute atomic E-state index is 11.4. The van der Waals surface area contributed by atoms with Crippen LogP contribution < -0.4 is 4.72 Å². The lowest BCUT2D eigenvalue weighted by molar-refractivity contribution is 0.597. The Hall–Kier alpha value is -0.950. The van der Waals surface area contributed by atoms with Crippen molar-refractivity contribution < 1.29 is 8.42 Å². The van der Waals surface area contributed by atoms with Crippen molar-refractivity contribution in [2.24, 2.45) is 0 Å². The predicted octanol–water partition coefficient (Wildman–Crippen LogP) is 0.632. The molecular formula is C7H11ClN4O2S. The van der Waals surface area contributed by atoms with Gasteiger partial charge < -0.3 is 0 Å². The van der Waals surface area contributed by atoms with Crippen molar-refractivity contribution in [3.8, 4) is 0 Å². The van der Waals surface area contributed by atoms with E-state index in [4.69, 9.17) is 11.6 Å². The molecule has 0 spiro atoms. The van der Waals surface area contributed by atoms with Crippen LogP contribution in [0.5, 0.6) is 0 Å². The fourth-order valence-electron chi connectivity index (χ4n) is 0.871. The minimum absolute atomic E-state index is 0.0108. The van der Waals surface area contributed by atoms with Crippen molar-refractivity contribution in [2.75, 3.05) is 16.4 Å². The molecule has 1 heterocycles. The van der Waals surface area contributed by atoms with Crippen LogP contribution in [0.15, 0.2) is 12.4 Å². The largest absolute Gasteiger partial charge is 0.256 e.